The summed E-state index contributed by atoms with van der Waals surface area (Å²) >= 11 is 0. The van der Waals surface area contributed by atoms with E-state index in [2.05, 4.69) is 22.3 Å². The molecule has 0 aliphatic carbocycles. The number of nitrogens with two attached hydrogens (primary N) is 1. The summed E-state index contributed by atoms with van der Waals surface area (Å²) in [4.78, 5) is 15.2. The van der Waals surface area contributed by atoms with Crippen molar-refractivity contribution in [2.45, 2.75) is 19.4 Å². The Hall–Kier alpha value is -2.48. The Morgan fingerprint density at radius 2 is 2.39 bits per heavy atom. The molecule has 1 amide bonds. The lowest BCUT2D eigenvalue weighted by Crippen LogP contribution is -2.28. The molecule has 8 heteroatoms. The van der Waals surface area contributed by atoms with Gasteiger partial charge < -0.3 is 15.8 Å². The molecule has 0 saturated carbocycles. The first-order chi connectivity index (χ1) is 11.0. The molecule has 122 valence electrons. The van der Waals surface area contributed by atoms with Gasteiger partial charge in [0.25, 0.3) is 5.91 Å². The molecule has 0 spiro atoms. The third kappa shape index (κ3) is 3.31. The number of carbonyl (C=O) groups excluding carboxylic acids is 1. The molecule has 0 radical (unpaired) electrons. The van der Waals surface area contributed by atoms with Gasteiger partial charge in [0.05, 0.1) is 12.6 Å². The van der Waals surface area contributed by atoms with E-state index in [1.54, 1.807) is 16.9 Å². The van der Waals surface area contributed by atoms with Crippen molar-refractivity contribution in [2.75, 3.05) is 18.5 Å². The zero-order valence-electron chi connectivity index (χ0n) is 12.7. The number of anilines is 2. The van der Waals surface area contributed by atoms with Crippen LogP contribution in [0, 0.1) is 11.9 Å². The lowest BCUT2D eigenvalue weighted by atomic mass is 9.98. The van der Waals surface area contributed by atoms with Gasteiger partial charge in [-0.15, -0.1) is 0 Å². The van der Waals surface area contributed by atoms with Crippen LogP contribution in [0.3, 0.4) is 0 Å². The molecule has 23 heavy (non-hydrogen) atoms. The summed E-state index contributed by atoms with van der Waals surface area (Å²) in [6.07, 6.45) is 3.78. The zero-order valence-corrected chi connectivity index (χ0v) is 12.7. The summed E-state index contributed by atoms with van der Waals surface area (Å²) in [6.45, 7) is 3.37. The highest BCUT2D eigenvalue weighted by molar-refractivity contribution is 5.98. The smallest absolute Gasteiger partial charge is 0.254 e. The van der Waals surface area contributed by atoms with E-state index in [0.717, 1.165) is 6.42 Å². The van der Waals surface area contributed by atoms with Gasteiger partial charge in [0, 0.05) is 36.7 Å². The monoisotopic (exact) mass is 319 g/mol. The van der Waals surface area contributed by atoms with E-state index in [9.17, 15) is 9.18 Å². The number of ether oxygens (including phenoxy) is 1. The van der Waals surface area contributed by atoms with Crippen LogP contribution in [0.5, 0.6) is 0 Å². The molecule has 1 fully saturated rings. The average Bonchev–Trinajstić information content (AvgIpc) is 2.91. The molecule has 2 aromatic rings. The van der Waals surface area contributed by atoms with Crippen LogP contribution in [0.2, 0.25) is 0 Å². The van der Waals surface area contributed by atoms with Crippen molar-refractivity contribution in [3.63, 3.8) is 0 Å². The molecule has 0 bridgehead atoms. The molecule has 2 aromatic heterocycles. The molecular weight excluding hydrogens is 301 g/mol. The third-order valence-electron chi connectivity index (χ3n) is 3.92. The summed E-state index contributed by atoms with van der Waals surface area (Å²) in [5.74, 6) is -0.626. The lowest BCUT2D eigenvalue weighted by molar-refractivity contribution is 0.0251. The summed E-state index contributed by atoms with van der Waals surface area (Å²) in [5.41, 5.74) is 6.15. The minimum Gasteiger partial charge on any atom is -0.381 e. The topological polar surface area (TPSA) is 95.1 Å². The first-order valence-corrected chi connectivity index (χ1v) is 7.40. The molecule has 2 unspecified atom stereocenters. The molecule has 1 aliphatic rings. The molecule has 7 nitrogen and oxygen atoms in total. The SMILES string of the molecule is CC1COCCC1n1cc(C(N)=O)c(Nc2ccnc(F)c2)n1. The first-order valence-electron chi connectivity index (χ1n) is 7.40. The number of amides is 1. The van der Waals surface area contributed by atoms with E-state index in [4.69, 9.17) is 10.5 Å². The maximum Gasteiger partial charge on any atom is 0.254 e. The number of hydrogen-bond acceptors (Lipinski definition) is 5. The van der Waals surface area contributed by atoms with Gasteiger partial charge in [-0.3, -0.25) is 9.48 Å². The van der Waals surface area contributed by atoms with Gasteiger partial charge in [0.15, 0.2) is 5.82 Å². The highest BCUT2D eigenvalue weighted by Gasteiger charge is 2.26. The van der Waals surface area contributed by atoms with E-state index in [1.165, 1.54) is 12.3 Å². The van der Waals surface area contributed by atoms with E-state index in [-0.39, 0.29) is 17.5 Å². The third-order valence-corrected chi connectivity index (χ3v) is 3.92. The molecule has 1 saturated heterocycles. The van der Waals surface area contributed by atoms with Crippen molar-refractivity contribution < 1.29 is 13.9 Å². The Morgan fingerprint density at radius 1 is 1.57 bits per heavy atom. The Labute approximate surface area is 132 Å². The van der Waals surface area contributed by atoms with Gasteiger partial charge >= 0.3 is 0 Å². The predicted octanol–water partition coefficient (Wildman–Crippen LogP) is 1.86. The maximum atomic E-state index is 13.2. The number of pyridine rings is 1. The van der Waals surface area contributed by atoms with Crippen molar-refractivity contribution in [1.29, 1.82) is 0 Å². The number of primary amides is 1. The van der Waals surface area contributed by atoms with Crippen molar-refractivity contribution >= 4 is 17.4 Å². The fourth-order valence-electron chi connectivity index (χ4n) is 2.71. The fraction of sp³-hybridized carbons (Fsp3) is 0.400. The van der Waals surface area contributed by atoms with Crippen LogP contribution in [0.4, 0.5) is 15.9 Å². The van der Waals surface area contributed by atoms with Crippen molar-refractivity contribution in [2.24, 2.45) is 11.7 Å². The predicted molar refractivity (Wildman–Crippen MR) is 81.9 cm³/mol. The fourth-order valence-corrected chi connectivity index (χ4v) is 2.71. The second-order valence-corrected chi connectivity index (χ2v) is 5.64. The zero-order chi connectivity index (χ0) is 16.4. The number of aromatic nitrogens is 3. The van der Waals surface area contributed by atoms with E-state index >= 15 is 0 Å². The van der Waals surface area contributed by atoms with Crippen LogP contribution in [-0.2, 0) is 4.74 Å². The second kappa shape index (κ2) is 6.33. The van der Waals surface area contributed by atoms with Crippen LogP contribution < -0.4 is 11.1 Å². The van der Waals surface area contributed by atoms with Gasteiger partial charge in [-0.1, -0.05) is 6.92 Å². The number of nitrogens with zero attached hydrogens (tertiary/aromatic N) is 3. The number of rotatable bonds is 4. The lowest BCUT2D eigenvalue weighted by Gasteiger charge is -2.28. The molecule has 3 rings (SSSR count). The Bertz CT molecular complexity index is 718. The standard InChI is InChI=1S/C15H18FN5O2/c1-9-8-23-5-3-12(9)21-7-11(14(17)22)15(20-21)19-10-2-4-18-13(16)6-10/h2,4,6-7,9,12H,3,5,8H2,1H3,(H2,17,22)(H,18,19,20). The number of nitrogens with one attached hydrogen (secondary N) is 1. The van der Waals surface area contributed by atoms with Crippen LogP contribution in [0.25, 0.3) is 0 Å². The van der Waals surface area contributed by atoms with Crippen LogP contribution >= 0.6 is 0 Å². The molecular formula is C15H18FN5O2. The molecule has 0 aromatic carbocycles. The molecule has 3 heterocycles. The van der Waals surface area contributed by atoms with Gasteiger partial charge in [0.1, 0.15) is 5.56 Å². The Kier molecular flexibility index (Phi) is 4.24. The quantitative estimate of drug-likeness (QED) is 0.839. The van der Waals surface area contributed by atoms with Crippen molar-refractivity contribution in [3.8, 4) is 0 Å². The largest absolute Gasteiger partial charge is 0.381 e. The number of halogens is 1. The van der Waals surface area contributed by atoms with Crippen molar-refractivity contribution in [1.82, 2.24) is 14.8 Å². The molecule has 1 aliphatic heterocycles. The van der Waals surface area contributed by atoms with E-state index in [0.29, 0.717) is 24.7 Å². The van der Waals surface area contributed by atoms with Crippen LogP contribution in [-0.4, -0.2) is 33.9 Å². The highest BCUT2D eigenvalue weighted by atomic mass is 19.1. The normalized spacial score (nSPS) is 21.1. The summed E-state index contributed by atoms with van der Waals surface area (Å²) in [6, 6.07) is 2.94. The van der Waals surface area contributed by atoms with E-state index < -0.39 is 11.9 Å². The van der Waals surface area contributed by atoms with Gasteiger partial charge in [-0.2, -0.15) is 9.49 Å². The first kappa shape index (κ1) is 15.4. The van der Waals surface area contributed by atoms with Crippen LogP contribution in [0.15, 0.2) is 24.5 Å². The van der Waals surface area contributed by atoms with E-state index in [1.807, 2.05) is 0 Å². The summed E-state index contributed by atoms with van der Waals surface area (Å²) in [7, 11) is 0. The second-order valence-electron chi connectivity index (χ2n) is 5.64. The summed E-state index contributed by atoms with van der Waals surface area (Å²) < 4.78 is 20.4. The summed E-state index contributed by atoms with van der Waals surface area (Å²) in [5, 5.41) is 7.36. The minimum absolute atomic E-state index is 0.131. The average molecular weight is 319 g/mol. The Balaban J connectivity index is 1.91. The highest BCUT2D eigenvalue weighted by Crippen LogP contribution is 2.29. The van der Waals surface area contributed by atoms with Crippen molar-refractivity contribution in [3.05, 3.63) is 36.0 Å². The minimum atomic E-state index is -0.617. The number of hydrogen-bond donors (Lipinski definition) is 2. The maximum absolute atomic E-state index is 13.2. The van der Waals surface area contributed by atoms with Gasteiger partial charge in [-0.05, 0) is 12.5 Å². The van der Waals surface area contributed by atoms with Crippen LogP contribution in [0.1, 0.15) is 29.7 Å². The molecule has 3 N–H and O–H groups in total. The number of carbonyl (C=O) groups is 1. The Morgan fingerprint density at radius 3 is 3.09 bits per heavy atom. The van der Waals surface area contributed by atoms with Gasteiger partial charge in [0.2, 0.25) is 5.95 Å². The van der Waals surface area contributed by atoms with Gasteiger partial charge in [-0.25, -0.2) is 4.98 Å². The molecule has 2 atom stereocenters.